The largest absolute Gasteiger partial charge is 0.481 e. The fourth-order valence-electron chi connectivity index (χ4n) is 2.22. The summed E-state index contributed by atoms with van der Waals surface area (Å²) in [5.74, 6) is 0.304. The van der Waals surface area contributed by atoms with Crippen LogP contribution in [0.3, 0.4) is 0 Å². The van der Waals surface area contributed by atoms with Crippen molar-refractivity contribution < 1.29 is 27.1 Å². The topological polar surface area (TPSA) is 77.2 Å². The molecular formula is C18H14F3N3O3. The minimum atomic E-state index is -4.42. The summed E-state index contributed by atoms with van der Waals surface area (Å²) in [6.07, 6.45) is -4.07. The van der Waals surface area contributed by atoms with Crippen LogP contribution in [0.25, 0.3) is 11.5 Å². The average molecular weight is 377 g/mol. The molecule has 27 heavy (non-hydrogen) atoms. The summed E-state index contributed by atoms with van der Waals surface area (Å²) in [7, 11) is 0. The molecule has 1 unspecified atom stereocenters. The maximum atomic E-state index is 12.6. The number of aromatic nitrogens is 2. The van der Waals surface area contributed by atoms with Gasteiger partial charge >= 0.3 is 6.18 Å². The first-order valence-electron chi connectivity index (χ1n) is 7.84. The molecule has 0 spiro atoms. The Morgan fingerprint density at radius 2 is 1.78 bits per heavy atom. The van der Waals surface area contributed by atoms with Crippen LogP contribution in [-0.2, 0) is 11.0 Å². The van der Waals surface area contributed by atoms with Crippen LogP contribution in [0.5, 0.6) is 5.75 Å². The number of rotatable bonds is 5. The molecule has 1 aromatic heterocycles. The standard InChI is InChI=1S/C18H14F3N3O3/c1-11(16(25)23-14-6-4-13(5-7-14)18(19,20)21)27-15-8-2-12(3-9-15)17-24-22-10-26-17/h2-11H,1H3,(H,23,25). The van der Waals surface area contributed by atoms with Crippen molar-refractivity contribution in [3.05, 3.63) is 60.5 Å². The van der Waals surface area contributed by atoms with Crippen molar-refractivity contribution in [3.63, 3.8) is 0 Å². The number of hydrogen-bond donors (Lipinski definition) is 1. The fraction of sp³-hybridized carbons (Fsp3) is 0.167. The van der Waals surface area contributed by atoms with Gasteiger partial charge in [-0.25, -0.2) is 0 Å². The Labute approximate surface area is 152 Å². The van der Waals surface area contributed by atoms with E-state index in [2.05, 4.69) is 15.5 Å². The van der Waals surface area contributed by atoms with Gasteiger partial charge in [0, 0.05) is 11.3 Å². The van der Waals surface area contributed by atoms with Gasteiger partial charge in [0.05, 0.1) is 5.56 Å². The maximum Gasteiger partial charge on any atom is 0.416 e. The quantitative estimate of drug-likeness (QED) is 0.722. The van der Waals surface area contributed by atoms with E-state index in [-0.39, 0.29) is 5.69 Å². The summed E-state index contributed by atoms with van der Waals surface area (Å²) < 4.78 is 48.3. The van der Waals surface area contributed by atoms with Crippen molar-refractivity contribution in [2.75, 3.05) is 5.32 Å². The van der Waals surface area contributed by atoms with E-state index in [1.54, 1.807) is 24.3 Å². The average Bonchev–Trinajstić information content (AvgIpc) is 3.16. The lowest BCUT2D eigenvalue weighted by atomic mass is 10.2. The van der Waals surface area contributed by atoms with Gasteiger partial charge in [0.25, 0.3) is 5.91 Å². The van der Waals surface area contributed by atoms with Crippen molar-refractivity contribution in [1.29, 1.82) is 0 Å². The molecule has 140 valence electrons. The molecule has 6 nitrogen and oxygen atoms in total. The molecule has 0 aliphatic carbocycles. The summed E-state index contributed by atoms with van der Waals surface area (Å²) in [5.41, 5.74) is 0.156. The summed E-state index contributed by atoms with van der Waals surface area (Å²) in [6, 6.07) is 10.9. The van der Waals surface area contributed by atoms with Crippen LogP contribution in [0, 0.1) is 0 Å². The minimum absolute atomic E-state index is 0.246. The normalized spacial score (nSPS) is 12.4. The molecule has 1 amide bonds. The van der Waals surface area contributed by atoms with E-state index in [9.17, 15) is 18.0 Å². The summed E-state index contributed by atoms with van der Waals surface area (Å²) in [5, 5.41) is 9.88. The summed E-state index contributed by atoms with van der Waals surface area (Å²) in [6.45, 7) is 1.53. The Kier molecular flexibility index (Phi) is 5.11. The monoisotopic (exact) mass is 377 g/mol. The zero-order chi connectivity index (χ0) is 19.4. The third kappa shape index (κ3) is 4.63. The smallest absolute Gasteiger partial charge is 0.416 e. The second kappa shape index (κ2) is 7.48. The third-order valence-electron chi connectivity index (χ3n) is 3.62. The number of anilines is 1. The number of benzene rings is 2. The molecule has 0 saturated carbocycles. The molecule has 2 aromatic carbocycles. The van der Waals surface area contributed by atoms with Crippen molar-refractivity contribution in [2.24, 2.45) is 0 Å². The van der Waals surface area contributed by atoms with E-state index < -0.39 is 23.8 Å². The van der Waals surface area contributed by atoms with E-state index in [1.165, 1.54) is 25.5 Å². The first kappa shape index (κ1) is 18.4. The van der Waals surface area contributed by atoms with Crippen molar-refractivity contribution in [3.8, 4) is 17.2 Å². The van der Waals surface area contributed by atoms with Crippen molar-refractivity contribution in [2.45, 2.75) is 19.2 Å². The van der Waals surface area contributed by atoms with Crippen molar-refractivity contribution in [1.82, 2.24) is 10.2 Å². The van der Waals surface area contributed by atoms with Crippen LogP contribution in [0.15, 0.2) is 59.3 Å². The molecule has 0 bridgehead atoms. The third-order valence-corrected chi connectivity index (χ3v) is 3.62. The van der Waals surface area contributed by atoms with Gasteiger partial charge in [-0.3, -0.25) is 4.79 Å². The summed E-state index contributed by atoms with van der Waals surface area (Å²) >= 11 is 0. The molecule has 0 aliphatic rings. The highest BCUT2D eigenvalue weighted by molar-refractivity contribution is 5.94. The highest BCUT2D eigenvalue weighted by Crippen LogP contribution is 2.30. The highest BCUT2D eigenvalue weighted by Gasteiger charge is 2.30. The predicted molar refractivity (Wildman–Crippen MR) is 89.9 cm³/mol. The molecule has 1 N–H and O–H groups in total. The molecule has 0 fully saturated rings. The Bertz CT molecular complexity index is 892. The van der Waals surface area contributed by atoms with Gasteiger partial charge < -0.3 is 14.5 Å². The predicted octanol–water partition coefficient (Wildman–Crippen LogP) is 4.16. The zero-order valence-electron chi connectivity index (χ0n) is 14.0. The summed E-state index contributed by atoms with van der Waals surface area (Å²) in [4.78, 5) is 12.2. The fourth-order valence-corrected chi connectivity index (χ4v) is 2.22. The number of nitrogens with one attached hydrogen (secondary N) is 1. The van der Waals surface area contributed by atoms with Crippen molar-refractivity contribution >= 4 is 11.6 Å². The first-order valence-corrected chi connectivity index (χ1v) is 7.84. The molecule has 3 rings (SSSR count). The molecule has 0 aliphatic heterocycles. The highest BCUT2D eigenvalue weighted by atomic mass is 19.4. The van der Waals surface area contributed by atoms with Gasteiger partial charge in [0.15, 0.2) is 6.10 Å². The number of carbonyl (C=O) groups is 1. The maximum absolute atomic E-state index is 12.6. The Hall–Kier alpha value is -3.36. The Balaban J connectivity index is 1.59. The van der Waals surface area contributed by atoms with Crippen LogP contribution >= 0.6 is 0 Å². The van der Waals surface area contributed by atoms with E-state index in [4.69, 9.17) is 9.15 Å². The second-order valence-electron chi connectivity index (χ2n) is 5.59. The number of ether oxygens (including phenoxy) is 1. The van der Waals surface area contributed by atoms with Gasteiger partial charge in [-0.1, -0.05) is 0 Å². The van der Waals surface area contributed by atoms with Crippen LogP contribution in [0.2, 0.25) is 0 Å². The van der Waals surface area contributed by atoms with Gasteiger partial charge in [0.2, 0.25) is 12.3 Å². The Morgan fingerprint density at radius 3 is 2.33 bits per heavy atom. The first-order chi connectivity index (χ1) is 12.8. The molecular weight excluding hydrogens is 363 g/mol. The zero-order valence-corrected chi connectivity index (χ0v) is 14.0. The number of halogens is 3. The van der Waals surface area contributed by atoms with Gasteiger partial charge in [0.1, 0.15) is 5.75 Å². The molecule has 1 heterocycles. The number of carbonyl (C=O) groups excluding carboxylic acids is 1. The van der Waals surface area contributed by atoms with E-state index in [0.717, 1.165) is 12.1 Å². The number of nitrogens with zero attached hydrogens (tertiary/aromatic N) is 2. The van der Waals surface area contributed by atoms with Crippen LogP contribution in [0.4, 0.5) is 18.9 Å². The van der Waals surface area contributed by atoms with Crippen LogP contribution in [0.1, 0.15) is 12.5 Å². The molecule has 0 radical (unpaired) electrons. The van der Waals surface area contributed by atoms with Crippen LogP contribution < -0.4 is 10.1 Å². The van der Waals surface area contributed by atoms with E-state index in [1.807, 2.05) is 0 Å². The van der Waals surface area contributed by atoms with Gasteiger partial charge in [-0.15, -0.1) is 10.2 Å². The lowest BCUT2D eigenvalue weighted by molar-refractivity contribution is -0.137. The molecule has 0 saturated heterocycles. The lowest BCUT2D eigenvalue weighted by Gasteiger charge is -2.15. The molecule has 3 aromatic rings. The number of amides is 1. The Morgan fingerprint density at radius 1 is 1.11 bits per heavy atom. The van der Waals surface area contributed by atoms with Gasteiger partial charge in [-0.2, -0.15) is 13.2 Å². The molecule has 1 atom stereocenters. The van der Waals surface area contributed by atoms with E-state index in [0.29, 0.717) is 17.2 Å². The number of hydrogen-bond acceptors (Lipinski definition) is 5. The second-order valence-corrected chi connectivity index (χ2v) is 5.59. The van der Waals surface area contributed by atoms with Crippen LogP contribution in [-0.4, -0.2) is 22.2 Å². The number of alkyl halides is 3. The minimum Gasteiger partial charge on any atom is -0.481 e. The van der Waals surface area contributed by atoms with Gasteiger partial charge in [-0.05, 0) is 55.5 Å². The van der Waals surface area contributed by atoms with E-state index >= 15 is 0 Å². The lowest BCUT2D eigenvalue weighted by Crippen LogP contribution is -2.30. The SMILES string of the molecule is CC(Oc1ccc(-c2nnco2)cc1)C(=O)Nc1ccc(C(F)(F)F)cc1. The molecule has 9 heteroatoms.